The molecule has 102 valence electrons. The normalized spacial score (nSPS) is 11.2. The molecule has 0 saturated heterocycles. The molecule has 0 fully saturated rings. The van der Waals surface area contributed by atoms with Crippen molar-refractivity contribution in [3.63, 3.8) is 0 Å². The first-order chi connectivity index (χ1) is 10.4. The molecule has 0 unspecified atom stereocenters. The van der Waals surface area contributed by atoms with E-state index in [-0.39, 0.29) is 6.04 Å². The molecule has 2 aromatic carbocycles. The number of benzene rings is 2. The molecule has 1 aromatic heterocycles. The van der Waals surface area contributed by atoms with E-state index in [1.807, 2.05) is 72.8 Å². The van der Waals surface area contributed by atoms with Crippen molar-refractivity contribution >= 4 is 5.69 Å². The van der Waals surface area contributed by atoms with Crippen LogP contribution >= 0.6 is 0 Å². The number of hydrogen-bond donors (Lipinski definition) is 1. The summed E-state index contributed by atoms with van der Waals surface area (Å²) in [5.41, 5.74) is 2.00. The molecule has 0 radical (unpaired) electrons. The van der Waals surface area contributed by atoms with Crippen molar-refractivity contribution in [3.8, 4) is 11.8 Å². The minimum absolute atomic E-state index is 0.178. The zero-order chi connectivity index (χ0) is 14.3. The predicted octanol–water partition coefficient (Wildman–Crippen LogP) is 4.48. The minimum Gasteiger partial charge on any atom is -0.466 e. The van der Waals surface area contributed by atoms with E-state index >= 15 is 0 Å². The monoisotopic (exact) mass is 273 g/mol. The second kappa shape index (κ2) is 6.49. The second-order valence-corrected chi connectivity index (χ2v) is 4.59. The predicted molar refractivity (Wildman–Crippen MR) is 84.8 cm³/mol. The maximum absolute atomic E-state index is 5.49. The Balaban J connectivity index is 1.86. The van der Waals surface area contributed by atoms with Gasteiger partial charge in [0, 0.05) is 11.3 Å². The van der Waals surface area contributed by atoms with Gasteiger partial charge >= 0.3 is 0 Å². The highest BCUT2D eigenvalue weighted by Crippen LogP contribution is 2.19. The summed E-state index contributed by atoms with van der Waals surface area (Å²) in [7, 11) is 0. The summed E-state index contributed by atoms with van der Waals surface area (Å²) in [6.07, 6.45) is 1.67. The van der Waals surface area contributed by atoms with E-state index in [0.717, 1.165) is 17.0 Å². The zero-order valence-electron chi connectivity index (χ0n) is 11.5. The highest BCUT2D eigenvalue weighted by molar-refractivity contribution is 5.48. The van der Waals surface area contributed by atoms with Crippen LogP contribution in [0.4, 0.5) is 5.69 Å². The average molecular weight is 273 g/mol. The minimum atomic E-state index is -0.178. The molecule has 0 aliphatic rings. The largest absolute Gasteiger partial charge is 0.466 e. The van der Waals surface area contributed by atoms with Crippen molar-refractivity contribution in [1.29, 1.82) is 0 Å². The number of furan rings is 1. The van der Waals surface area contributed by atoms with Crippen LogP contribution in [0.1, 0.15) is 17.4 Å². The first kappa shape index (κ1) is 13.1. The van der Waals surface area contributed by atoms with Crippen molar-refractivity contribution in [3.05, 3.63) is 90.4 Å². The molecule has 3 aromatic rings. The van der Waals surface area contributed by atoms with Gasteiger partial charge < -0.3 is 9.73 Å². The van der Waals surface area contributed by atoms with Crippen molar-refractivity contribution in [2.45, 2.75) is 6.04 Å². The summed E-state index contributed by atoms with van der Waals surface area (Å²) in [6, 6.07) is 23.6. The Morgan fingerprint density at radius 1 is 0.810 bits per heavy atom. The summed E-state index contributed by atoms with van der Waals surface area (Å²) in [4.78, 5) is 0. The molecule has 3 rings (SSSR count). The van der Waals surface area contributed by atoms with E-state index < -0.39 is 0 Å². The summed E-state index contributed by atoms with van der Waals surface area (Å²) in [6.45, 7) is 0. The van der Waals surface area contributed by atoms with E-state index in [1.165, 1.54) is 0 Å². The fourth-order valence-corrected chi connectivity index (χ4v) is 2.01. The third-order valence-electron chi connectivity index (χ3n) is 3.05. The van der Waals surface area contributed by atoms with Crippen LogP contribution in [0, 0.1) is 11.8 Å². The van der Waals surface area contributed by atoms with Crippen LogP contribution in [-0.4, -0.2) is 0 Å². The van der Waals surface area contributed by atoms with E-state index in [4.69, 9.17) is 4.42 Å². The Morgan fingerprint density at radius 3 is 2.19 bits per heavy atom. The summed E-state index contributed by atoms with van der Waals surface area (Å²) < 4.78 is 5.49. The van der Waals surface area contributed by atoms with Crippen LogP contribution < -0.4 is 5.32 Å². The smallest absolute Gasteiger partial charge is 0.147 e. The maximum Gasteiger partial charge on any atom is 0.147 e. The van der Waals surface area contributed by atoms with Crippen LogP contribution in [0.25, 0.3) is 0 Å². The topological polar surface area (TPSA) is 25.2 Å². The van der Waals surface area contributed by atoms with Crippen molar-refractivity contribution in [2.24, 2.45) is 0 Å². The first-order valence-electron chi connectivity index (χ1n) is 6.83. The summed E-state index contributed by atoms with van der Waals surface area (Å²) >= 11 is 0. The Bertz CT molecular complexity index is 721. The van der Waals surface area contributed by atoms with Gasteiger partial charge in [-0.25, -0.2) is 0 Å². The number of para-hydroxylation sites is 1. The van der Waals surface area contributed by atoms with Crippen LogP contribution in [0.5, 0.6) is 0 Å². The van der Waals surface area contributed by atoms with Gasteiger partial charge in [0.05, 0.1) is 6.26 Å². The van der Waals surface area contributed by atoms with Gasteiger partial charge in [0.25, 0.3) is 0 Å². The van der Waals surface area contributed by atoms with E-state index in [2.05, 4.69) is 17.2 Å². The lowest BCUT2D eigenvalue weighted by molar-refractivity contribution is 0.506. The van der Waals surface area contributed by atoms with Crippen LogP contribution in [0.15, 0.2) is 83.5 Å². The summed E-state index contributed by atoms with van der Waals surface area (Å²) in [5.74, 6) is 7.22. The van der Waals surface area contributed by atoms with Crippen molar-refractivity contribution in [2.75, 3.05) is 5.32 Å². The maximum atomic E-state index is 5.49. The molecule has 0 aliphatic carbocycles. The molecule has 2 heteroatoms. The molecule has 0 spiro atoms. The second-order valence-electron chi connectivity index (χ2n) is 4.59. The fourth-order valence-electron chi connectivity index (χ4n) is 2.01. The third-order valence-corrected chi connectivity index (χ3v) is 3.05. The average Bonchev–Trinajstić information content (AvgIpc) is 3.08. The van der Waals surface area contributed by atoms with Crippen LogP contribution in [0.2, 0.25) is 0 Å². The third kappa shape index (κ3) is 3.55. The quantitative estimate of drug-likeness (QED) is 0.711. The SMILES string of the molecule is C(#C[C@H](Nc1ccccc1)c1ccco1)c1ccccc1. The number of nitrogens with one attached hydrogen (secondary N) is 1. The van der Waals surface area contributed by atoms with Gasteiger partial charge in [0.2, 0.25) is 0 Å². The molecule has 1 N–H and O–H groups in total. The fraction of sp³-hybridized carbons (Fsp3) is 0.0526. The van der Waals surface area contributed by atoms with Gasteiger partial charge in [0.15, 0.2) is 0 Å². The number of anilines is 1. The number of rotatable bonds is 3. The lowest BCUT2D eigenvalue weighted by Crippen LogP contribution is -2.07. The molecule has 1 atom stereocenters. The molecular weight excluding hydrogens is 258 g/mol. The molecular formula is C19H15NO. The molecule has 0 aliphatic heterocycles. The van der Waals surface area contributed by atoms with Crippen LogP contribution in [0.3, 0.4) is 0 Å². The van der Waals surface area contributed by atoms with E-state index in [1.54, 1.807) is 6.26 Å². The first-order valence-corrected chi connectivity index (χ1v) is 6.83. The van der Waals surface area contributed by atoms with Crippen LogP contribution in [-0.2, 0) is 0 Å². The van der Waals surface area contributed by atoms with E-state index in [9.17, 15) is 0 Å². The Labute approximate surface area is 124 Å². The molecule has 0 saturated carbocycles. The molecule has 2 nitrogen and oxygen atoms in total. The molecule has 0 amide bonds. The highest BCUT2D eigenvalue weighted by Gasteiger charge is 2.10. The Morgan fingerprint density at radius 2 is 1.52 bits per heavy atom. The lowest BCUT2D eigenvalue weighted by Gasteiger charge is -2.12. The van der Waals surface area contributed by atoms with E-state index in [0.29, 0.717) is 0 Å². The van der Waals surface area contributed by atoms with Gasteiger partial charge in [-0.2, -0.15) is 0 Å². The van der Waals surface area contributed by atoms with Gasteiger partial charge in [-0.1, -0.05) is 48.2 Å². The Kier molecular flexibility index (Phi) is 4.04. The summed E-state index contributed by atoms with van der Waals surface area (Å²) in [5, 5.41) is 3.38. The number of hydrogen-bond acceptors (Lipinski definition) is 2. The molecule has 21 heavy (non-hydrogen) atoms. The molecule has 0 bridgehead atoms. The van der Waals surface area contributed by atoms with Gasteiger partial charge in [-0.05, 0) is 36.4 Å². The van der Waals surface area contributed by atoms with Gasteiger partial charge in [0.1, 0.15) is 11.8 Å². The van der Waals surface area contributed by atoms with Gasteiger partial charge in [-0.3, -0.25) is 0 Å². The lowest BCUT2D eigenvalue weighted by atomic mass is 10.1. The zero-order valence-corrected chi connectivity index (χ0v) is 11.5. The van der Waals surface area contributed by atoms with Crippen molar-refractivity contribution < 1.29 is 4.42 Å². The standard InChI is InChI=1S/C19H15NO/c1-3-8-16(9-4-1)13-14-18(19-12-7-15-21-19)20-17-10-5-2-6-11-17/h1-12,15,18,20H/t18-/m0/s1. The highest BCUT2D eigenvalue weighted by atomic mass is 16.3. The molecule has 1 heterocycles. The van der Waals surface area contributed by atoms with Gasteiger partial charge in [-0.15, -0.1) is 0 Å². The van der Waals surface area contributed by atoms with Crippen molar-refractivity contribution in [1.82, 2.24) is 0 Å². The Hall–Kier alpha value is -2.92.